The molecule has 3 aromatic rings. The Morgan fingerprint density at radius 3 is 2.56 bits per heavy atom. The molecular formula is C22H17F5N4O2S. The van der Waals surface area contributed by atoms with Gasteiger partial charge in [0.1, 0.15) is 5.69 Å². The van der Waals surface area contributed by atoms with Crippen molar-refractivity contribution in [3.63, 3.8) is 0 Å². The van der Waals surface area contributed by atoms with Crippen molar-refractivity contribution < 1.29 is 26.7 Å². The number of nitrogens with zero attached hydrogens (tertiary/aromatic N) is 4. The number of alkyl halides is 5. The lowest BCUT2D eigenvalue weighted by atomic mass is 9.99. The molecule has 1 aliphatic carbocycles. The number of halogens is 5. The maximum atomic E-state index is 13.7. The molecule has 6 nitrogen and oxygen atoms in total. The first-order chi connectivity index (χ1) is 15.9. The Morgan fingerprint density at radius 2 is 1.97 bits per heavy atom. The summed E-state index contributed by atoms with van der Waals surface area (Å²) in [6.45, 7) is -0.0160. The van der Waals surface area contributed by atoms with E-state index < -0.39 is 29.6 Å². The number of hydrogen-bond acceptors (Lipinski definition) is 5. The summed E-state index contributed by atoms with van der Waals surface area (Å²) in [5, 5.41) is 22.6. The van der Waals surface area contributed by atoms with Gasteiger partial charge in [0, 0.05) is 17.0 Å². The monoisotopic (exact) mass is 496 g/mol. The van der Waals surface area contributed by atoms with Gasteiger partial charge in [0.05, 0.1) is 34.6 Å². The van der Waals surface area contributed by atoms with Crippen LogP contribution in [0.25, 0.3) is 22.3 Å². The molecule has 1 saturated carbocycles. The SMILES string of the molecule is CCSc1cc(C2(C#N)CC2)c[n+]([O-])c1-c1cc2ccc(=O)n(CC(F)(F)C(F)(F)F)c2cn1. The zero-order chi connectivity index (χ0) is 24.9. The van der Waals surface area contributed by atoms with E-state index in [0.717, 1.165) is 12.3 Å². The molecule has 1 fully saturated rings. The van der Waals surface area contributed by atoms with Gasteiger partial charge in [0.25, 0.3) is 11.3 Å². The topological polar surface area (TPSA) is 85.6 Å². The number of rotatable bonds is 6. The van der Waals surface area contributed by atoms with Gasteiger partial charge in [-0.2, -0.15) is 31.9 Å². The zero-order valence-corrected chi connectivity index (χ0v) is 18.5. The lowest BCUT2D eigenvalue weighted by Gasteiger charge is -2.21. The van der Waals surface area contributed by atoms with Crippen molar-refractivity contribution in [3.05, 3.63) is 57.8 Å². The molecule has 0 bridgehead atoms. The van der Waals surface area contributed by atoms with Crippen molar-refractivity contribution in [1.29, 1.82) is 5.26 Å². The van der Waals surface area contributed by atoms with E-state index in [1.807, 2.05) is 6.92 Å². The van der Waals surface area contributed by atoms with Crippen LogP contribution in [0.3, 0.4) is 0 Å². The van der Waals surface area contributed by atoms with Gasteiger partial charge in [0.2, 0.25) is 0 Å². The third-order valence-corrected chi connectivity index (χ3v) is 6.61. The van der Waals surface area contributed by atoms with Crippen LogP contribution >= 0.6 is 11.8 Å². The van der Waals surface area contributed by atoms with Crippen molar-refractivity contribution in [3.8, 4) is 17.5 Å². The molecular weight excluding hydrogens is 479 g/mol. The second-order valence-corrected chi connectivity index (χ2v) is 9.29. The van der Waals surface area contributed by atoms with Crippen molar-refractivity contribution >= 4 is 22.7 Å². The van der Waals surface area contributed by atoms with Crippen molar-refractivity contribution in [2.24, 2.45) is 0 Å². The Balaban J connectivity index is 1.84. The van der Waals surface area contributed by atoms with Gasteiger partial charge in [-0.25, -0.2) is 4.98 Å². The fourth-order valence-corrected chi connectivity index (χ4v) is 4.53. The predicted octanol–water partition coefficient (Wildman–Crippen LogP) is 4.56. The average Bonchev–Trinajstić information content (AvgIpc) is 3.56. The first-order valence-electron chi connectivity index (χ1n) is 10.2. The van der Waals surface area contributed by atoms with E-state index in [2.05, 4.69) is 11.1 Å². The predicted molar refractivity (Wildman–Crippen MR) is 114 cm³/mol. The maximum absolute atomic E-state index is 13.7. The highest BCUT2D eigenvalue weighted by Gasteiger charge is 2.57. The Bertz CT molecular complexity index is 1380. The second kappa shape index (κ2) is 8.23. The molecule has 3 heterocycles. The molecule has 12 heteroatoms. The van der Waals surface area contributed by atoms with Crippen LogP contribution in [0, 0.1) is 16.5 Å². The summed E-state index contributed by atoms with van der Waals surface area (Å²) >= 11 is 1.35. The standard InChI is InChI=1S/C22H17F5N4O2S/c1-2-34-17-8-14(20(11-28)5-6-20)10-31(33)19(17)15-7-13-3-4-18(32)30(16(13)9-29-15)12-21(23,24)22(25,26)27/h3-4,7-10H,2,5-6,12H2,1H3. The zero-order valence-electron chi connectivity index (χ0n) is 17.7. The van der Waals surface area contributed by atoms with Crippen molar-refractivity contribution in [2.75, 3.05) is 5.75 Å². The van der Waals surface area contributed by atoms with Gasteiger partial charge in [-0.3, -0.25) is 4.79 Å². The van der Waals surface area contributed by atoms with Gasteiger partial charge < -0.3 is 9.77 Å². The molecule has 0 saturated heterocycles. The summed E-state index contributed by atoms with van der Waals surface area (Å²) in [5.74, 6) is -4.52. The first kappa shape index (κ1) is 23.9. The summed E-state index contributed by atoms with van der Waals surface area (Å²) in [4.78, 5) is 16.8. The molecule has 0 atom stereocenters. The second-order valence-electron chi connectivity index (χ2n) is 7.98. The Hall–Kier alpha value is -3.20. The average molecular weight is 496 g/mol. The Labute approximate surface area is 194 Å². The van der Waals surface area contributed by atoms with E-state index in [1.165, 1.54) is 30.1 Å². The van der Waals surface area contributed by atoms with E-state index in [1.54, 1.807) is 6.07 Å². The largest absolute Gasteiger partial charge is 0.618 e. The maximum Gasteiger partial charge on any atom is 0.455 e. The molecule has 34 heavy (non-hydrogen) atoms. The summed E-state index contributed by atoms with van der Waals surface area (Å²) in [6, 6.07) is 7.51. The molecule has 0 unspecified atom stereocenters. The molecule has 1 aliphatic rings. The number of thioether (sulfide) groups is 1. The van der Waals surface area contributed by atoms with Crippen LogP contribution in [0.5, 0.6) is 0 Å². The van der Waals surface area contributed by atoms with Gasteiger partial charge in [-0.1, -0.05) is 6.92 Å². The number of aromatic nitrogens is 3. The van der Waals surface area contributed by atoms with Crippen LogP contribution in [0.1, 0.15) is 25.3 Å². The van der Waals surface area contributed by atoms with Crippen LogP contribution < -0.4 is 10.3 Å². The van der Waals surface area contributed by atoms with Gasteiger partial charge >= 0.3 is 12.1 Å². The van der Waals surface area contributed by atoms with E-state index in [9.17, 15) is 37.2 Å². The van der Waals surface area contributed by atoms with Gasteiger partial charge in [-0.15, -0.1) is 11.8 Å². The van der Waals surface area contributed by atoms with Crippen LogP contribution in [0.2, 0.25) is 0 Å². The molecule has 0 N–H and O–H groups in total. The number of nitriles is 1. The highest BCUT2D eigenvalue weighted by Crippen LogP contribution is 2.48. The highest BCUT2D eigenvalue weighted by atomic mass is 32.2. The summed E-state index contributed by atoms with van der Waals surface area (Å²) < 4.78 is 66.3. The third kappa shape index (κ3) is 4.09. The van der Waals surface area contributed by atoms with Gasteiger partial charge in [0.15, 0.2) is 6.20 Å². The third-order valence-electron chi connectivity index (χ3n) is 5.70. The quantitative estimate of drug-likeness (QED) is 0.216. The van der Waals surface area contributed by atoms with Gasteiger partial charge in [-0.05, 0) is 36.8 Å². The molecule has 3 aromatic heterocycles. The van der Waals surface area contributed by atoms with E-state index in [0.29, 0.717) is 38.4 Å². The minimum absolute atomic E-state index is 0.152. The van der Waals surface area contributed by atoms with Crippen LogP contribution in [0.15, 0.2) is 46.3 Å². The van der Waals surface area contributed by atoms with Crippen LogP contribution in [-0.4, -0.2) is 27.4 Å². The lowest BCUT2D eigenvalue weighted by Crippen LogP contribution is -2.42. The van der Waals surface area contributed by atoms with Crippen molar-refractivity contribution in [2.45, 2.75) is 48.7 Å². The molecule has 0 radical (unpaired) electrons. The number of pyridine rings is 3. The smallest absolute Gasteiger partial charge is 0.455 e. The molecule has 0 spiro atoms. The highest BCUT2D eigenvalue weighted by molar-refractivity contribution is 7.99. The molecule has 0 aliphatic heterocycles. The van der Waals surface area contributed by atoms with E-state index in [4.69, 9.17) is 0 Å². The molecule has 0 aromatic carbocycles. The molecule has 4 rings (SSSR count). The molecule has 0 amide bonds. The minimum Gasteiger partial charge on any atom is -0.618 e. The number of fused-ring (bicyclic) bond motifs is 1. The fraction of sp³-hybridized carbons (Fsp3) is 0.364. The van der Waals surface area contributed by atoms with Crippen LogP contribution in [-0.2, 0) is 12.0 Å². The van der Waals surface area contributed by atoms with E-state index >= 15 is 0 Å². The first-order valence-corrected chi connectivity index (χ1v) is 11.2. The molecule has 178 valence electrons. The van der Waals surface area contributed by atoms with Crippen molar-refractivity contribution in [1.82, 2.24) is 9.55 Å². The number of hydrogen-bond donors (Lipinski definition) is 0. The van der Waals surface area contributed by atoms with Crippen LogP contribution in [0.4, 0.5) is 22.0 Å². The summed E-state index contributed by atoms with van der Waals surface area (Å²) in [7, 11) is 0. The Morgan fingerprint density at radius 1 is 1.26 bits per heavy atom. The minimum atomic E-state index is -5.83. The Kier molecular flexibility index (Phi) is 5.80. The van der Waals surface area contributed by atoms with E-state index in [-0.39, 0.29) is 22.3 Å². The fourth-order valence-electron chi connectivity index (χ4n) is 3.68. The lowest BCUT2D eigenvalue weighted by molar-refractivity contribution is -0.596. The summed E-state index contributed by atoms with van der Waals surface area (Å²) in [6.07, 6.45) is -2.22. The summed E-state index contributed by atoms with van der Waals surface area (Å²) in [5.41, 5.74) is -1.05. The normalized spacial score (nSPS) is 15.3.